The minimum absolute atomic E-state index is 0.118. The molecule has 0 saturated carbocycles. The molecule has 0 unspecified atom stereocenters. The van der Waals surface area contributed by atoms with Crippen molar-refractivity contribution in [3.63, 3.8) is 0 Å². The van der Waals surface area contributed by atoms with E-state index in [0.29, 0.717) is 508 Å². The standard InChI is InChI=1S/C109H216O41/c1-4-6-8-10-12-14-16-18-20-22-24-26-31-148-105-108(149-33-27-25-23-21-19-17-15-13-11-9-7-5-2)106-150-109(111)29-28-32-112-35-37-114-39-41-116-43-45-118-47-49-120-51-53-122-55-57-124-59-61-126-63-65-128-67-69-130-71-73-132-75-77-134-79-81-136-83-85-138-87-89-140-91-93-142-95-97-144-99-101-146-103-104-147-102-100-145-98-96-143-94-92-141-90-88-139-86-84-137-82-80-135-78-76-133-74-72-131-70-68-129-66-64-127-62-60-125-58-56-123-54-52-121-50-48-119-46-44-117-42-40-115-38-36-113-34-30-107(3)110/h108H,4-106H2,1-3H3/t108-/m1/s1. The Balaban J connectivity index is 3.28. The van der Waals surface area contributed by atoms with Gasteiger partial charge in [0.2, 0.25) is 0 Å². The van der Waals surface area contributed by atoms with E-state index in [9.17, 15) is 9.59 Å². The lowest BCUT2D eigenvalue weighted by Crippen LogP contribution is -2.28. The minimum atomic E-state index is -0.249. The Labute approximate surface area is 904 Å². The average molecular weight is 2180 g/mol. The van der Waals surface area contributed by atoms with Crippen molar-refractivity contribution in [3.05, 3.63) is 0 Å². The van der Waals surface area contributed by atoms with E-state index in [1.165, 1.54) is 141 Å². The molecule has 0 spiro atoms. The first-order chi connectivity index (χ1) is 74.6. The van der Waals surface area contributed by atoms with Gasteiger partial charge in [-0.05, 0) is 26.2 Å². The summed E-state index contributed by atoms with van der Waals surface area (Å²) in [6, 6.07) is 0. The summed E-state index contributed by atoms with van der Waals surface area (Å²) in [5, 5.41) is 0. The van der Waals surface area contributed by atoms with Gasteiger partial charge in [-0.25, -0.2) is 0 Å². The molecule has 0 N–H and O–H groups in total. The maximum Gasteiger partial charge on any atom is 0.305 e. The maximum absolute atomic E-state index is 12.7. The Morgan fingerprint density at radius 3 is 0.427 bits per heavy atom. The first-order valence-corrected chi connectivity index (χ1v) is 57.2. The number of ether oxygens (including phenoxy) is 39. The highest BCUT2D eigenvalue weighted by Gasteiger charge is 2.15. The van der Waals surface area contributed by atoms with Crippen molar-refractivity contribution in [1.29, 1.82) is 0 Å². The van der Waals surface area contributed by atoms with Gasteiger partial charge in [-0.15, -0.1) is 0 Å². The van der Waals surface area contributed by atoms with Crippen molar-refractivity contribution in [2.45, 2.75) is 200 Å². The summed E-state index contributed by atoms with van der Waals surface area (Å²) in [7, 11) is 0. The summed E-state index contributed by atoms with van der Waals surface area (Å²) in [5.74, 6) is -0.118. The third kappa shape index (κ3) is 140. The van der Waals surface area contributed by atoms with Crippen LogP contribution in [-0.2, 0) is 194 Å². The summed E-state index contributed by atoms with van der Waals surface area (Å²) in [4.78, 5) is 23.5. The van der Waals surface area contributed by atoms with Gasteiger partial charge in [0.1, 0.15) is 18.5 Å². The lowest BCUT2D eigenvalue weighted by atomic mass is 10.1. The number of hydrogen-bond acceptors (Lipinski definition) is 41. The monoisotopic (exact) mass is 2180 g/mol. The third-order valence-electron chi connectivity index (χ3n) is 21.5. The van der Waals surface area contributed by atoms with Gasteiger partial charge in [0.05, 0.1) is 476 Å². The van der Waals surface area contributed by atoms with Gasteiger partial charge in [-0.1, -0.05) is 155 Å². The smallest absolute Gasteiger partial charge is 0.305 e. The van der Waals surface area contributed by atoms with Crippen LogP contribution in [0.25, 0.3) is 0 Å². The van der Waals surface area contributed by atoms with Crippen molar-refractivity contribution in [1.82, 2.24) is 0 Å². The van der Waals surface area contributed by atoms with Gasteiger partial charge in [0.15, 0.2) is 0 Å². The van der Waals surface area contributed by atoms with Crippen molar-refractivity contribution in [2.24, 2.45) is 0 Å². The van der Waals surface area contributed by atoms with E-state index in [1.54, 1.807) is 6.92 Å². The van der Waals surface area contributed by atoms with Gasteiger partial charge < -0.3 is 185 Å². The molecule has 0 aliphatic heterocycles. The molecular weight excluding hydrogens is 1970 g/mol. The molecule has 0 heterocycles. The van der Waals surface area contributed by atoms with Gasteiger partial charge in [-0.3, -0.25) is 9.59 Å². The molecule has 0 bridgehead atoms. The number of Topliss-reactive ketones (excluding diaryl/α,β-unsaturated/α-hetero) is 1. The predicted octanol–water partition coefficient (Wildman–Crippen LogP) is 11.7. The van der Waals surface area contributed by atoms with E-state index < -0.39 is 0 Å². The Bertz CT molecular complexity index is 2370. The summed E-state index contributed by atoms with van der Waals surface area (Å²) in [6.45, 7) is 42.2. The Morgan fingerprint density at radius 1 is 0.133 bits per heavy atom. The topological polar surface area (TPSA) is 394 Å². The maximum atomic E-state index is 12.7. The fourth-order valence-electron chi connectivity index (χ4n) is 13.2. The van der Waals surface area contributed by atoms with Crippen LogP contribution >= 0.6 is 0 Å². The van der Waals surface area contributed by atoms with Crippen LogP contribution in [0.4, 0.5) is 0 Å². The molecular formula is C109H216O41. The van der Waals surface area contributed by atoms with E-state index in [4.69, 9.17) is 185 Å². The molecule has 898 valence electrons. The highest BCUT2D eigenvalue weighted by molar-refractivity contribution is 5.75. The summed E-state index contributed by atoms with van der Waals surface area (Å²) < 4.78 is 218. The minimum Gasteiger partial charge on any atom is -0.463 e. The molecule has 0 aliphatic carbocycles. The van der Waals surface area contributed by atoms with Crippen molar-refractivity contribution in [3.8, 4) is 0 Å². The summed E-state index contributed by atoms with van der Waals surface area (Å²) >= 11 is 0. The summed E-state index contributed by atoms with van der Waals surface area (Å²) in [6.07, 6.45) is 32.5. The van der Waals surface area contributed by atoms with E-state index in [2.05, 4.69) is 13.8 Å². The quantitative estimate of drug-likeness (QED) is 0.0403. The lowest BCUT2D eigenvalue weighted by Gasteiger charge is -2.18. The van der Waals surface area contributed by atoms with E-state index in [1.807, 2.05) is 0 Å². The van der Waals surface area contributed by atoms with Crippen molar-refractivity contribution < 1.29 is 194 Å². The molecule has 0 aromatic carbocycles. The van der Waals surface area contributed by atoms with Crippen LogP contribution < -0.4 is 0 Å². The Hall–Kier alpha value is -2.38. The van der Waals surface area contributed by atoms with Crippen LogP contribution in [0.15, 0.2) is 0 Å². The average Bonchev–Trinajstić information content (AvgIpc) is 0.970. The van der Waals surface area contributed by atoms with Gasteiger partial charge in [0.25, 0.3) is 0 Å². The van der Waals surface area contributed by atoms with Crippen LogP contribution in [0.3, 0.4) is 0 Å². The van der Waals surface area contributed by atoms with Crippen LogP contribution in [0.1, 0.15) is 194 Å². The Kier molecular flexibility index (Phi) is 139. The number of carbonyl (C=O) groups is 2. The highest BCUT2D eigenvalue weighted by Crippen LogP contribution is 2.15. The van der Waals surface area contributed by atoms with Gasteiger partial charge >= 0.3 is 5.97 Å². The zero-order chi connectivity index (χ0) is 107. The second kappa shape index (κ2) is 141. The fraction of sp³-hybridized carbons (Fsp3) is 0.982. The second-order valence-corrected chi connectivity index (χ2v) is 34.6. The number of unbranched alkanes of at least 4 members (excludes halogenated alkanes) is 22. The molecule has 41 nitrogen and oxygen atoms in total. The number of esters is 1. The Morgan fingerprint density at radius 2 is 0.267 bits per heavy atom. The first kappa shape index (κ1) is 148. The molecule has 0 fully saturated rings. The van der Waals surface area contributed by atoms with Crippen LogP contribution in [0.5, 0.6) is 0 Å². The van der Waals surface area contributed by atoms with Crippen LogP contribution in [0, 0.1) is 0 Å². The summed E-state index contributed by atoms with van der Waals surface area (Å²) in [5.41, 5.74) is 0. The lowest BCUT2D eigenvalue weighted by molar-refractivity contribution is -0.150. The molecule has 150 heavy (non-hydrogen) atoms. The molecule has 41 heteroatoms. The molecule has 0 saturated heterocycles. The van der Waals surface area contributed by atoms with Crippen LogP contribution in [-0.4, -0.2) is 520 Å². The van der Waals surface area contributed by atoms with E-state index in [0.717, 1.165) is 19.4 Å². The molecule has 0 radical (unpaired) electrons. The largest absolute Gasteiger partial charge is 0.463 e. The normalized spacial score (nSPS) is 12.0. The zero-order valence-corrected chi connectivity index (χ0v) is 94.1. The molecule has 0 rings (SSSR count). The molecule has 0 aliphatic rings. The third-order valence-corrected chi connectivity index (χ3v) is 21.5. The first-order valence-electron chi connectivity index (χ1n) is 57.2. The van der Waals surface area contributed by atoms with Crippen LogP contribution in [0.2, 0.25) is 0 Å². The molecule has 0 aromatic heterocycles. The van der Waals surface area contributed by atoms with Gasteiger partial charge in [0, 0.05) is 32.7 Å². The number of rotatable bonds is 143. The number of hydrogen-bond donors (Lipinski definition) is 0. The number of carbonyl (C=O) groups excluding carboxylic acids is 2. The highest BCUT2D eigenvalue weighted by atomic mass is 16.6. The predicted molar refractivity (Wildman–Crippen MR) is 568 cm³/mol. The van der Waals surface area contributed by atoms with Crippen molar-refractivity contribution in [2.75, 3.05) is 502 Å². The zero-order valence-electron chi connectivity index (χ0n) is 94.1. The SMILES string of the molecule is CCCCCCCCCCCCCCOC[C@H](COC(=O)CCCOCCOCCOCCOCCOCCOCCOCCOCCOCCOCCOCCOCCOCCOCCOCCOCCOCCOCCOCCOCCOCCOCCOCCOCCOCCOCCOCCOCCOCCOCCOCCOCCOCCOCCOCCOCCC(C)=O)OCCCCCCCCCCCCCC. The van der Waals surface area contributed by atoms with Gasteiger partial charge in [-0.2, -0.15) is 0 Å². The number of ketones is 1. The molecule has 0 aromatic rings. The molecule has 1 atom stereocenters. The van der Waals surface area contributed by atoms with Crippen molar-refractivity contribution >= 4 is 11.8 Å². The van der Waals surface area contributed by atoms with E-state index in [-0.39, 0.29) is 24.5 Å². The molecule has 0 amide bonds. The fourth-order valence-corrected chi connectivity index (χ4v) is 13.2. The van der Waals surface area contributed by atoms with E-state index >= 15 is 0 Å². The second-order valence-electron chi connectivity index (χ2n) is 34.6.